The highest BCUT2D eigenvalue weighted by Gasteiger charge is 2.35. The minimum atomic E-state index is -0.304. The van der Waals surface area contributed by atoms with E-state index in [1.54, 1.807) is 4.90 Å². The van der Waals surface area contributed by atoms with Crippen LogP contribution in [0.25, 0.3) is 0 Å². The Morgan fingerprint density at radius 2 is 1.92 bits per heavy atom. The van der Waals surface area contributed by atoms with Gasteiger partial charge in [0.05, 0.1) is 6.42 Å². The zero-order valence-corrected chi connectivity index (χ0v) is 16.3. The van der Waals surface area contributed by atoms with Gasteiger partial charge in [0.2, 0.25) is 11.8 Å². The zero-order valence-electron chi connectivity index (χ0n) is 15.5. The molecule has 1 unspecified atom stereocenters. The quantitative estimate of drug-likeness (QED) is 0.824. The van der Waals surface area contributed by atoms with Gasteiger partial charge in [0.1, 0.15) is 6.04 Å². The molecule has 2 amide bonds. The monoisotopic (exact) mass is 379 g/mol. The van der Waals surface area contributed by atoms with Gasteiger partial charge < -0.3 is 15.5 Å². The molecule has 1 aromatic carbocycles. The fraction of sp³-hybridized carbons (Fsp3) is 0.600. The lowest BCUT2D eigenvalue weighted by molar-refractivity contribution is -0.138. The summed E-state index contributed by atoms with van der Waals surface area (Å²) < 4.78 is 0. The summed E-state index contributed by atoms with van der Waals surface area (Å²) in [7, 11) is 0. The Morgan fingerprint density at radius 3 is 2.62 bits per heavy atom. The van der Waals surface area contributed by atoms with E-state index >= 15 is 0 Å². The van der Waals surface area contributed by atoms with Crippen LogP contribution in [0.4, 0.5) is 0 Å². The molecule has 0 aliphatic carbocycles. The Bertz CT molecular complexity index is 602. The Labute approximate surface area is 162 Å². The van der Waals surface area contributed by atoms with Crippen molar-refractivity contribution in [1.82, 2.24) is 15.5 Å². The molecule has 0 saturated carbocycles. The number of nitrogens with one attached hydrogen (secondary N) is 2. The van der Waals surface area contributed by atoms with E-state index in [0.29, 0.717) is 19.5 Å². The zero-order chi connectivity index (χ0) is 17.7. The third kappa shape index (κ3) is 5.21. The lowest BCUT2D eigenvalue weighted by Gasteiger charge is -2.35. The molecule has 0 bridgehead atoms. The summed E-state index contributed by atoms with van der Waals surface area (Å²) in [6, 6.07) is 9.44. The summed E-state index contributed by atoms with van der Waals surface area (Å²) in [4.78, 5) is 27.1. The van der Waals surface area contributed by atoms with Crippen LogP contribution < -0.4 is 10.6 Å². The Kier molecular flexibility index (Phi) is 7.47. The third-order valence-electron chi connectivity index (χ3n) is 5.57. The van der Waals surface area contributed by atoms with Gasteiger partial charge in [0.15, 0.2) is 0 Å². The van der Waals surface area contributed by atoms with Gasteiger partial charge in [0, 0.05) is 13.1 Å². The summed E-state index contributed by atoms with van der Waals surface area (Å²) in [6.45, 7) is 5.64. The van der Waals surface area contributed by atoms with E-state index in [1.807, 2.05) is 30.3 Å². The largest absolute Gasteiger partial charge is 0.354 e. The van der Waals surface area contributed by atoms with E-state index in [1.165, 1.54) is 0 Å². The first-order valence-electron chi connectivity index (χ1n) is 9.39. The second kappa shape index (κ2) is 9.38. The second-order valence-electron chi connectivity index (χ2n) is 7.69. The summed E-state index contributed by atoms with van der Waals surface area (Å²) >= 11 is 0. The number of carbonyl (C=O) groups excluding carboxylic acids is 2. The molecule has 6 heteroatoms. The lowest BCUT2D eigenvalue weighted by atomic mass is 9.81. The van der Waals surface area contributed by atoms with Gasteiger partial charge in [0.25, 0.3) is 0 Å². The number of rotatable bonds is 5. The Balaban J connectivity index is 0.00000243. The maximum Gasteiger partial charge on any atom is 0.242 e. The fourth-order valence-electron chi connectivity index (χ4n) is 3.84. The van der Waals surface area contributed by atoms with Gasteiger partial charge in [-0.1, -0.05) is 37.3 Å². The van der Waals surface area contributed by atoms with Crippen molar-refractivity contribution in [3.8, 4) is 0 Å². The molecular weight excluding hydrogens is 350 g/mol. The van der Waals surface area contributed by atoms with Crippen LogP contribution in [0.15, 0.2) is 30.3 Å². The topological polar surface area (TPSA) is 61.4 Å². The summed E-state index contributed by atoms with van der Waals surface area (Å²) in [5, 5.41) is 6.49. The predicted molar refractivity (Wildman–Crippen MR) is 105 cm³/mol. The fourth-order valence-corrected chi connectivity index (χ4v) is 3.84. The maximum atomic E-state index is 12.7. The van der Waals surface area contributed by atoms with Gasteiger partial charge in [-0.2, -0.15) is 0 Å². The van der Waals surface area contributed by atoms with E-state index < -0.39 is 0 Å². The second-order valence-corrected chi connectivity index (χ2v) is 7.69. The molecule has 2 N–H and O–H groups in total. The number of nitrogens with zero attached hydrogens (tertiary/aromatic N) is 1. The van der Waals surface area contributed by atoms with E-state index in [4.69, 9.17) is 0 Å². The van der Waals surface area contributed by atoms with Crippen molar-refractivity contribution in [2.45, 2.75) is 45.1 Å². The van der Waals surface area contributed by atoms with E-state index in [0.717, 1.165) is 44.3 Å². The van der Waals surface area contributed by atoms with Crippen molar-refractivity contribution in [2.24, 2.45) is 5.41 Å². The molecule has 1 aromatic rings. The highest BCUT2D eigenvalue weighted by molar-refractivity contribution is 5.89. The SMILES string of the molecule is CC1(CNC(=O)C2CCCN2C(=O)Cc2ccccc2)CCNCC1.Cl. The van der Waals surface area contributed by atoms with Crippen LogP contribution in [0.2, 0.25) is 0 Å². The lowest BCUT2D eigenvalue weighted by Crippen LogP contribution is -2.50. The molecule has 2 saturated heterocycles. The van der Waals surface area contributed by atoms with Crippen LogP contribution in [0.1, 0.15) is 38.2 Å². The van der Waals surface area contributed by atoms with Crippen molar-refractivity contribution in [3.63, 3.8) is 0 Å². The molecule has 26 heavy (non-hydrogen) atoms. The number of benzene rings is 1. The number of likely N-dealkylation sites (tertiary alicyclic amines) is 1. The van der Waals surface area contributed by atoms with E-state index in [9.17, 15) is 9.59 Å². The minimum Gasteiger partial charge on any atom is -0.354 e. The van der Waals surface area contributed by atoms with Gasteiger partial charge in [-0.25, -0.2) is 0 Å². The molecular formula is C20H30ClN3O2. The number of piperidine rings is 1. The average molecular weight is 380 g/mol. The van der Waals surface area contributed by atoms with Crippen molar-refractivity contribution in [1.29, 1.82) is 0 Å². The van der Waals surface area contributed by atoms with E-state index in [-0.39, 0.29) is 35.7 Å². The molecule has 3 rings (SSSR count). The number of amides is 2. The molecule has 2 heterocycles. The summed E-state index contributed by atoms with van der Waals surface area (Å²) in [5.41, 5.74) is 1.17. The molecule has 5 nitrogen and oxygen atoms in total. The molecule has 2 aliphatic rings. The minimum absolute atomic E-state index is 0. The first-order chi connectivity index (χ1) is 12.1. The molecule has 1 atom stereocenters. The number of hydrogen-bond acceptors (Lipinski definition) is 3. The standard InChI is InChI=1S/C20H29N3O2.ClH/c1-20(9-11-21-12-10-20)15-22-19(25)17-8-5-13-23(17)18(24)14-16-6-3-2-4-7-16;/h2-4,6-7,17,21H,5,8-15H2,1H3,(H,22,25);1H. The van der Waals surface area contributed by atoms with Crippen LogP contribution >= 0.6 is 12.4 Å². The van der Waals surface area contributed by atoms with Gasteiger partial charge in [-0.3, -0.25) is 9.59 Å². The van der Waals surface area contributed by atoms with Gasteiger partial charge in [-0.05, 0) is 49.8 Å². The van der Waals surface area contributed by atoms with Crippen molar-refractivity contribution < 1.29 is 9.59 Å². The third-order valence-corrected chi connectivity index (χ3v) is 5.57. The predicted octanol–water partition coefficient (Wildman–Crippen LogP) is 2.15. The van der Waals surface area contributed by atoms with Crippen LogP contribution in [0.5, 0.6) is 0 Å². The number of hydrogen-bond donors (Lipinski definition) is 2. The van der Waals surface area contributed by atoms with Crippen molar-refractivity contribution >= 4 is 24.2 Å². The van der Waals surface area contributed by atoms with Gasteiger partial charge >= 0.3 is 0 Å². The Morgan fingerprint density at radius 1 is 1.23 bits per heavy atom. The number of halogens is 1. The average Bonchev–Trinajstić information content (AvgIpc) is 3.11. The normalized spacial score (nSPS) is 21.7. The highest BCUT2D eigenvalue weighted by atomic mass is 35.5. The van der Waals surface area contributed by atoms with Crippen molar-refractivity contribution in [2.75, 3.05) is 26.2 Å². The maximum absolute atomic E-state index is 12.7. The van der Waals surface area contributed by atoms with Gasteiger partial charge in [-0.15, -0.1) is 12.4 Å². The highest BCUT2D eigenvalue weighted by Crippen LogP contribution is 2.27. The molecule has 2 fully saturated rings. The van der Waals surface area contributed by atoms with Crippen molar-refractivity contribution in [3.05, 3.63) is 35.9 Å². The molecule has 0 radical (unpaired) electrons. The Hall–Kier alpha value is -1.59. The summed E-state index contributed by atoms with van der Waals surface area (Å²) in [5.74, 6) is 0.0654. The van der Waals surface area contributed by atoms with E-state index in [2.05, 4.69) is 17.6 Å². The molecule has 144 valence electrons. The molecule has 0 spiro atoms. The first kappa shape index (κ1) is 20.7. The van der Waals surface area contributed by atoms with Crippen LogP contribution in [0.3, 0.4) is 0 Å². The van der Waals surface area contributed by atoms with Crippen LogP contribution in [-0.4, -0.2) is 48.9 Å². The summed E-state index contributed by atoms with van der Waals surface area (Å²) in [6.07, 6.45) is 4.20. The molecule has 2 aliphatic heterocycles. The smallest absolute Gasteiger partial charge is 0.242 e. The van der Waals surface area contributed by atoms with Crippen LogP contribution in [-0.2, 0) is 16.0 Å². The molecule has 0 aromatic heterocycles. The first-order valence-corrected chi connectivity index (χ1v) is 9.39. The van der Waals surface area contributed by atoms with Crippen LogP contribution in [0, 0.1) is 5.41 Å². The number of carbonyl (C=O) groups is 2.